The average Bonchev–Trinajstić information content (AvgIpc) is 2.20. The van der Waals surface area contributed by atoms with E-state index in [0.29, 0.717) is 5.92 Å². The molecule has 0 aromatic carbocycles. The number of aromatic nitrogens is 2. The molecule has 0 radical (unpaired) electrons. The SMILES string of the molecule is Cc1ncnc(C)c1CC(C)CNC(C)(C)C. The second kappa shape index (κ2) is 5.58. The van der Waals surface area contributed by atoms with E-state index >= 15 is 0 Å². The predicted octanol–water partition coefficient (Wildman–Crippen LogP) is 2.66. The van der Waals surface area contributed by atoms with Crippen molar-refractivity contribution < 1.29 is 0 Å². The summed E-state index contributed by atoms with van der Waals surface area (Å²) in [6, 6.07) is 0. The molecule has 1 aromatic heterocycles. The Morgan fingerprint density at radius 2 is 1.71 bits per heavy atom. The molecule has 1 unspecified atom stereocenters. The molecular formula is C14H25N3. The van der Waals surface area contributed by atoms with Gasteiger partial charge in [0.25, 0.3) is 0 Å². The van der Waals surface area contributed by atoms with E-state index in [9.17, 15) is 0 Å². The molecule has 1 atom stereocenters. The molecule has 0 saturated heterocycles. The standard InChI is InChI=1S/C14H25N3/c1-10(8-17-14(4,5)6)7-13-11(2)15-9-16-12(13)3/h9-10,17H,7-8H2,1-6H3. The molecule has 1 N–H and O–H groups in total. The highest BCUT2D eigenvalue weighted by Gasteiger charge is 2.13. The molecule has 0 aliphatic heterocycles. The molecule has 0 fully saturated rings. The number of nitrogens with zero attached hydrogens (tertiary/aromatic N) is 2. The van der Waals surface area contributed by atoms with Crippen molar-refractivity contribution in [1.29, 1.82) is 0 Å². The van der Waals surface area contributed by atoms with Gasteiger partial charge in [-0.3, -0.25) is 0 Å². The topological polar surface area (TPSA) is 37.8 Å². The summed E-state index contributed by atoms with van der Waals surface area (Å²) < 4.78 is 0. The van der Waals surface area contributed by atoms with E-state index in [-0.39, 0.29) is 5.54 Å². The molecule has 3 heteroatoms. The van der Waals surface area contributed by atoms with Crippen LogP contribution in [0.25, 0.3) is 0 Å². The van der Waals surface area contributed by atoms with Crippen LogP contribution in [0.15, 0.2) is 6.33 Å². The van der Waals surface area contributed by atoms with Gasteiger partial charge in [-0.2, -0.15) is 0 Å². The largest absolute Gasteiger partial charge is 0.312 e. The third-order valence-corrected chi connectivity index (χ3v) is 2.91. The van der Waals surface area contributed by atoms with Crippen LogP contribution in [0, 0.1) is 19.8 Å². The van der Waals surface area contributed by atoms with E-state index < -0.39 is 0 Å². The van der Waals surface area contributed by atoms with Gasteiger partial charge in [-0.25, -0.2) is 9.97 Å². The average molecular weight is 235 g/mol. The maximum absolute atomic E-state index is 4.27. The Labute approximate surface area is 105 Å². The zero-order valence-electron chi connectivity index (χ0n) is 12.0. The van der Waals surface area contributed by atoms with E-state index in [1.165, 1.54) is 5.56 Å². The fourth-order valence-electron chi connectivity index (χ4n) is 1.82. The molecule has 96 valence electrons. The minimum Gasteiger partial charge on any atom is -0.312 e. The first-order valence-electron chi connectivity index (χ1n) is 6.31. The molecule has 0 amide bonds. The van der Waals surface area contributed by atoms with Crippen molar-refractivity contribution >= 4 is 0 Å². The van der Waals surface area contributed by atoms with Crippen molar-refractivity contribution in [2.75, 3.05) is 6.54 Å². The van der Waals surface area contributed by atoms with Crippen LogP contribution < -0.4 is 5.32 Å². The monoisotopic (exact) mass is 235 g/mol. The Morgan fingerprint density at radius 3 is 2.18 bits per heavy atom. The summed E-state index contributed by atoms with van der Waals surface area (Å²) in [5.74, 6) is 0.595. The first-order valence-corrected chi connectivity index (χ1v) is 6.31. The number of hydrogen-bond donors (Lipinski definition) is 1. The molecule has 3 nitrogen and oxygen atoms in total. The Kier molecular flexibility index (Phi) is 4.63. The second-order valence-electron chi connectivity index (χ2n) is 5.96. The second-order valence-corrected chi connectivity index (χ2v) is 5.96. The van der Waals surface area contributed by atoms with E-state index in [0.717, 1.165) is 24.4 Å². The lowest BCUT2D eigenvalue weighted by Crippen LogP contribution is -2.39. The summed E-state index contributed by atoms with van der Waals surface area (Å²) >= 11 is 0. The summed E-state index contributed by atoms with van der Waals surface area (Å²) in [6.07, 6.45) is 2.69. The summed E-state index contributed by atoms with van der Waals surface area (Å²) in [7, 11) is 0. The van der Waals surface area contributed by atoms with Crippen LogP contribution in [-0.2, 0) is 6.42 Å². The maximum atomic E-state index is 4.27. The molecule has 1 heterocycles. The van der Waals surface area contributed by atoms with Gasteiger partial charge in [0.2, 0.25) is 0 Å². The van der Waals surface area contributed by atoms with Crippen molar-refractivity contribution in [3.63, 3.8) is 0 Å². The Hall–Kier alpha value is -0.960. The summed E-state index contributed by atoms with van der Waals surface area (Å²) in [6.45, 7) is 14.0. The van der Waals surface area contributed by atoms with Crippen LogP contribution in [0.1, 0.15) is 44.6 Å². The zero-order valence-corrected chi connectivity index (χ0v) is 12.0. The van der Waals surface area contributed by atoms with Gasteiger partial charge < -0.3 is 5.32 Å². The molecule has 0 aliphatic rings. The van der Waals surface area contributed by atoms with Crippen LogP contribution in [0.5, 0.6) is 0 Å². The fraction of sp³-hybridized carbons (Fsp3) is 0.714. The molecule has 0 aliphatic carbocycles. The zero-order chi connectivity index (χ0) is 13.1. The van der Waals surface area contributed by atoms with Crippen molar-refractivity contribution in [3.8, 4) is 0 Å². The lowest BCUT2D eigenvalue weighted by atomic mass is 9.97. The van der Waals surface area contributed by atoms with Gasteiger partial charge in [0.15, 0.2) is 0 Å². The van der Waals surface area contributed by atoms with E-state index in [1.807, 2.05) is 0 Å². The quantitative estimate of drug-likeness (QED) is 0.872. The van der Waals surface area contributed by atoms with E-state index in [4.69, 9.17) is 0 Å². The summed E-state index contributed by atoms with van der Waals surface area (Å²) in [4.78, 5) is 8.54. The molecular weight excluding hydrogens is 210 g/mol. The highest BCUT2D eigenvalue weighted by molar-refractivity contribution is 5.23. The predicted molar refractivity (Wildman–Crippen MR) is 72.1 cm³/mol. The molecule has 0 spiro atoms. The van der Waals surface area contributed by atoms with Crippen molar-refractivity contribution in [2.45, 2.75) is 53.5 Å². The normalized spacial score (nSPS) is 13.8. The molecule has 0 bridgehead atoms. The first kappa shape index (κ1) is 14.1. The minimum absolute atomic E-state index is 0.186. The van der Waals surface area contributed by atoms with Crippen LogP contribution in [0.3, 0.4) is 0 Å². The number of hydrogen-bond acceptors (Lipinski definition) is 3. The van der Waals surface area contributed by atoms with E-state index in [2.05, 4.69) is 56.8 Å². The Morgan fingerprint density at radius 1 is 1.18 bits per heavy atom. The van der Waals surface area contributed by atoms with Gasteiger partial charge in [-0.15, -0.1) is 0 Å². The number of nitrogens with one attached hydrogen (secondary N) is 1. The maximum Gasteiger partial charge on any atom is 0.115 e. The van der Waals surface area contributed by atoms with Gasteiger partial charge in [0.05, 0.1) is 0 Å². The van der Waals surface area contributed by atoms with Crippen molar-refractivity contribution in [2.24, 2.45) is 5.92 Å². The number of rotatable bonds is 4. The Bertz CT molecular complexity index is 346. The smallest absolute Gasteiger partial charge is 0.115 e. The molecule has 17 heavy (non-hydrogen) atoms. The van der Waals surface area contributed by atoms with Gasteiger partial charge in [-0.1, -0.05) is 6.92 Å². The lowest BCUT2D eigenvalue weighted by Gasteiger charge is -2.24. The first-order chi connectivity index (χ1) is 7.79. The van der Waals surface area contributed by atoms with Crippen molar-refractivity contribution in [3.05, 3.63) is 23.3 Å². The Balaban J connectivity index is 2.59. The molecule has 1 aromatic rings. The third kappa shape index (κ3) is 4.82. The summed E-state index contributed by atoms with van der Waals surface area (Å²) in [5.41, 5.74) is 3.71. The molecule has 1 rings (SSSR count). The van der Waals surface area contributed by atoms with Gasteiger partial charge in [0.1, 0.15) is 6.33 Å². The highest BCUT2D eigenvalue weighted by atomic mass is 14.9. The van der Waals surface area contributed by atoms with Crippen LogP contribution in [-0.4, -0.2) is 22.1 Å². The van der Waals surface area contributed by atoms with Gasteiger partial charge in [-0.05, 0) is 59.1 Å². The van der Waals surface area contributed by atoms with Gasteiger partial charge in [0, 0.05) is 16.9 Å². The van der Waals surface area contributed by atoms with E-state index in [1.54, 1.807) is 6.33 Å². The van der Waals surface area contributed by atoms with Crippen molar-refractivity contribution in [1.82, 2.24) is 15.3 Å². The molecule has 0 saturated carbocycles. The lowest BCUT2D eigenvalue weighted by molar-refractivity contribution is 0.381. The minimum atomic E-state index is 0.186. The van der Waals surface area contributed by atoms with Crippen LogP contribution in [0.2, 0.25) is 0 Å². The van der Waals surface area contributed by atoms with Crippen LogP contribution in [0.4, 0.5) is 0 Å². The highest BCUT2D eigenvalue weighted by Crippen LogP contribution is 2.14. The third-order valence-electron chi connectivity index (χ3n) is 2.91. The number of aryl methyl sites for hydroxylation is 2. The fourth-order valence-corrected chi connectivity index (χ4v) is 1.82. The summed E-state index contributed by atoms with van der Waals surface area (Å²) in [5, 5.41) is 3.54. The van der Waals surface area contributed by atoms with Crippen LogP contribution >= 0.6 is 0 Å². The van der Waals surface area contributed by atoms with Gasteiger partial charge >= 0.3 is 0 Å².